The normalized spacial score (nSPS) is 15.8. The van der Waals surface area contributed by atoms with Crippen molar-refractivity contribution in [3.63, 3.8) is 0 Å². The van der Waals surface area contributed by atoms with Gasteiger partial charge in [0.15, 0.2) is 0 Å². The van der Waals surface area contributed by atoms with Gasteiger partial charge in [-0.05, 0) is 42.2 Å². The highest BCUT2D eigenvalue weighted by atomic mass is 16.2. The highest BCUT2D eigenvalue weighted by Crippen LogP contribution is 2.24. The minimum absolute atomic E-state index is 0.0249. The number of amides is 2. The molecule has 4 rings (SSSR count). The maximum Gasteiger partial charge on any atom is 0.228 e. The Morgan fingerprint density at radius 1 is 1.00 bits per heavy atom. The molecule has 1 aliphatic rings. The van der Waals surface area contributed by atoms with Crippen LogP contribution in [0.15, 0.2) is 73.1 Å². The maximum absolute atomic E-state index is 13.6. The highest BCUT2D eigenvalue weighted by molar-refractivity contribution is 5.89. The van der Waals surface area contributed by atoms with E-state index >= 15 is 0 Å². The molecule has 0 saturated carbocycles. The standard InChI is InChI=1S/C27H29N3O2/c1-20-9-11-22(12-10-20)16-29-19-25(14-26(29)31)27(32)30(17-23-7-5-13-28-15-23)18-24-8-4-3-6-21(24)2/h3-13,15,25H,14,16-19H2,1-2H3. The number of carbonyl (C=O) groups excluding carboxylic acids is 2. The van der Waals surface area contributed by atoms with E-state index in [0.717, 1.165) is 22.3 Å². The number of rotatable bonds is 7. The minimum atomic E-state index is -0.325. The van der Waals surface area contributed by atoms with Crippen molar-refractivity contribution in [2.45, 2.75) is 39.9 Å². The Kier molecular flexibility index (Phi) is 6.64. The molecule has 1 unspecified atom stereocenters. The third-order valence-electron chi connectivity index (χ3n) is 6.09. The van der Waals surface area contributed by atoms with Crippen LogP contribution in [0, 0.1) is 19.8 Å². The van der Waals surface area contributed by atoms with Crippen molar-refractivity contribution in [1.82, 2.24) is 14.8 Å². The molecule has 32 heavy (non-hydrogen) atoms. The Morgan fingerprint density at radius 2 is 1.78 bits per heavy atom. The summed E-state index contributed by atoms with van der Waals surface area (Å²) >= 11 is 0. The summed E-state index contributed by atoms with van der Waals surface area (Å²) in [5, 5.41) is 0. The predicted molar refractivity (Wildman–Crippen MR) is 124 cm³/mol. The molecule has 1 fully saturated rings. The first-order valence-electron chi connectivity index (χ1n) is 11.0. The highest BCUT2D eigenvalue weighted by Gasteiger charge is 2.36. The Balaban J connectivity index is 1.50. The first-order valence-corrected chi connectivity index (χ1v) is 11.0. The smallest absolute Gasteiger partial charge is 0.228 e. The monoisotopic (exact) mass is 427 g/mol. The van der Waals surface area contributed by atoms with Gasteiger partial charge in [-0.15, -0.1) is 0 Å². The van der Waals surface area contributed by atoms with Crippen molar-refractivity contribution in [1.29, 1.82) is 0 Å². The summed E-state index contributed by atoms with van der Waals surface area (Å²) in [6, 6.07) is 20.2. The van der Waals surface area contributed by atoms with E-state index in [1.54, 1.807) is 12.4 Å². The minimum Gasteiger partial charge on any atom is -0.338 e. The summed E-state index contributed by atoms with van der Waals surface area (Å²) in [5.74, 6) is -0.258. The summed E-state index contributed by atoms with van der Waals surface area (Å²) in [6.07, 6.45) is 3.79. The van der Waals surface area contributed by atoms with Crippen LogP contribution in [0.5, 0.6) is 0 Å². The van der Waals surface area contributed by atoms with Gasteiger partial charge >= 0.3 is 0 Å². The lowest BCUT2D eigenvalue weighted by Crippen LogP contribution is -2.36. The topological polar surface area (TPSA) is 53.5 Å². The van der Waals surface area contributed by atoms with Gasteiger partial charge in [0.05, 0.1) is 5.92 Å². The molecule has 0 radical (unpaired) electrons. The molecule has 2 aromatic carbocycles. The van der Waals surface area contributed by atoms with Crippen LogP contribution in [0.1, 0.15) is 34.2 Å². The number of benzene rings is 2. The van der Waals surface area contributed by atoms with Gasteiger partial charge in [-0.2, -0.15) is 0 Å². The number of pyridine rings is 1. The zero-order valence-electron chi connectivity index (χ0n) is 18.7. The van der Waals surface area contributed by atoms with Crippen molar-refractivity contribution in [3.8, 4) is 0 Å². The van der Waals surface area contributed by atoms with Gasteiger partial charge in [0.1, 0.15) is 0 Å². The summed E-state index contributed by atoms with van der Waals surface area (Å²) in [6.45, 7) is 6.11. The van der Waals surface area contributed by atoms with E-state index in [1.807, 2.05) is 53.1 Å². The average molecular weight is 428 g/mol. The quantitative estimate of drug-likeness (QED) is 0.566. The van der Waals surface area contributed by atoms with E-state index in [1.165, 1.54) is 5.56 Å². The molecule has 5 nitrogen and oxygen atoms in total. The van der Waals surface area contributed by atoms with E-state index in [0.29, 0.717) is 26.2 Å². The third-order valence-corrected chi connectivity index (χ3v) is 6.09. The summed E-state index contributed by atoms with van der Waals surface area (Å²) in [4.78, 5) is 34.2. The van der Waals surface area contributed by atoms with Gasteiger partial charge in [-0.3, -0.25) is 14.6 Å². The van der Waals surface area contributed by atoms with Gasteiger partial charge < -0.3 is 9.80 Å². The molecule has 1 atom stereocenters. The van der Waals surface area contributed by atoms with Crippen molar-refractivity contribution in [2.75, 3.05) is 6.54 Å². The molecule has 0 N–H and O–H groups in total. The molecule has 2 heterocycles. The van der Waals surface area contributed by atoms with Gasteiger partial charge in [0.25, 0.3) is 0 Å². The fraction of sp³-hybridized carbons (Fsp3) is 0.296. The van der Waals surface area contributed by atoms with Crippen LogP contribution < -0.4 is 0 Å². The fourth-order valence-electron chi connectivity index (χ4n) is 4.18. The van der Waals surface area contributed by atoms with E-state index in [-0.39, 0.29) is 24.2 Å². The summed E-state index contributed by atoms with van der Waals surface area (Å²) in [7, 11) is 0. The molecule has 164 valence electrons. The average Bonchev–Trinajstić information content (AvgIpc) is 3.16. The Labute approximate surface area is 189 Å². The second-order valence-corrected chi connectivity index (χ2v) is 8.64. The van der Waals surface area contributed by atoms with Crippen LogP contribution in [-0.2, 0) is 29.2 Å². The van der Waals surface area contributed by atoms with E-state index in [4.69, 9.17) is 0 Å². The first kappa shape index (κ1) is 21.8. The maximum atomic E-state index is 13.6. The van der Waals surface area contributed by atoms with Gasteiger partial charge in [-0.1, -0.05) is 60.2 Å². The second kappa shape index (κ2) is 9.77. The molecule has 1 aliphatic heterocycles. The third kappa shape index (κ3) is 5.22. The molecule has 1 saturated heterocycles. The summed E-state index contributed by atoms with van der Waals surface area (Å²) in [5.41, 5.74) is 5.53. The predicted octanol–water partition coefficient (Wildman–Crippen LogP) is 4.28. The Hall–Kier alpha value is -3.47. The van der Waals surface area contributed by atoms with Crippen LogP contribution >= 0.6 is 0 Å². The second-order valence-electron chi connectivity index (χ2n) is 8.64. The zero-order chi connectivity index (χ0) is 22.5. The lowest BCUT2D eigenvalue weighted by molar-refractivity contribution is -0.137. The number of aromatic nitrogens is 1. The molecule has 1 aromatic heterocycles. The van der Waals surface area contributed by atoms with Crippen molar-refractivity contribution < 1.29 is 9.59 Å². The number of hydrogen-bond donors (Lipinski definition) is 0. The number of aryl methyl sites for hydroxylation is 2. The fourth-order valence-corrected chi connectivity index (χ4v) is 4.18. The summed E-state index contributed by atoms with van der Waals surface area (Å²) < 4.78 is 0. The molecular formula is C27H29N3O2. The lowest BCUT2D eigenvalue weighted by atomic mass is 10.0. The first-order chi connectivity index (χ1) is 15.5. The van der Waals surface area contributed by atoms with E-state index in [2.05, 4.69) is 36.2 Å². The van der Waals surface area contributed by atoms with Crippen LogP contribution in [0.2, 0.25) is 0 Å². The molecular weight excluding hydrogens is 398 g/mol. The van der Waals surface area contributed by atoms with Crippen molar-refractivity contribution >= 4 is 11.8 Å². The van der Waals surface area contributed by atoms with Crippen molar-refractivity contribution in [3.05, 3.63) is 101 Å². The van der Waals surface area contributed by atoms with Crippen molar-refractivity contribution in [2.24, 2.45) is 5.92 Å². The van der Waals surface area contributed by atoms with Gasteiger partial charge in [-0.25, -0.2) is 0 Å². The van der Waals surface area contributed by atoms with Gasteiger partial charge in [0.2, 0.25) is 11.8 Å². The molecule has 0 aliphatic carbocycles. The molecule has 0 bridgehead atoms. The number of hydrogen-bond acceptors (Lipinski definition) is 3. The Morgan fingerprint density at radius 3 is 2.50 bits per heavy atom. The van der Waals surface area contributed by atoms with Crippen LogP contribution in [0.4, 0.5) is 0 Å². The number of nitrogens with zero attached hydrogens (tertiary/aromatic N) is 3. The van der Waals surface area contributed by atoms with E-state index < -0.39 is 0 Å². The van der Waals surface area contributed by atoms with Crippen LogP contribution in [0.25, 0.3) is 0 Å². The zero-order valence-corrected chi connectivity index (χ0v) is 18.7. The molecule has 3 aromatic rings. The number of likely N-dealkylation sites (tertiary alicyclic amines) is 1. The van der Waals surface area contributed by atoms with Crippen LogP contribution in [-0.4, -0.2) is 33.1 Å². The molecule has 2 amide bonds. The van der Waals surface area contributed by atoms with Crippen LogP contribution in [0.3, 0.4) is 0 Å². The largest absolute Gasteiger partial charge is 0.338 e. The SMILES string of the molecule is Cc1ccc(CN2CC(C(=O)N(Cc3cccnc3)Cc3ccccc3C)CC2=O)cc1. The van der Waals surface area contributed by atoms with E-state index in [9.17, 15) is 9.59 Å². The molecule has 0 spiro atoms. The number of carbonyl (C=O) groups is 2. The Bertz CT molecular complexity index is 1080. The molecule has 5 heteroatoms. The lowest BCUT2D eigenvalue weighted by Gasteiger charge is -2.26. The van der Waals surface area contributed by atoms with Gasteiger partial charge in [0, 0.05) is 45.0 Å².